The maximum Gasteiger partial charge on any atom is 0.258 e. The van der Waals surface area contributed by atoms with Gasteiger partial charge in [-0.1, -0.05) is 35.9 Å². The Balaban J connectivity index is 2.04. The third kappa shape index (κ3) is 2.46. The summed E-state index contributed by atoms with van der Waals surface area (Å²) in [4.78, 5) is 14.9. The zero-order valence-corrected chi connectivity index (χ0v) is 12.9. The predicted molar refractivity (Wildman–Crippen MR) is 87.1 cm³/mol. The van der Waals surface area contributed by atoms with Crippen molar-refractivity contribution in [1.29, 1.82) is 0 Å². The number of nitrogens with zero attached hydrogens (tertiary/aromatic N) is 1. The van der Waals surface area contributed by atoms with Gasteiger partial charge in [-0.2, -0.15) is 0 Å². The minimum absolute atomic E-state index is 0.128. The molecule has 0 saturated heterocycles. The molecule has 2 aromatic rings. The summed E-state index contributed by atoms with van der Waals surface area (Å²) in [5.74, 6) is 0.128. The van der Waals surface area contributed by atoms with Crippen molar-refractivity contribution in [3.05, 3.63) is 64.2 Å². The van der Waals surface area contributed by atoms with Gasteiger partial charge in [0.15, 0.2) is 0 Å². The van der Waals surface area contributed by atoms with E-state index in [1.54, 1.807) is 0 Å². The van der Waals surface area contributed by atoms with E-state index in [-0.39, 0.29) is 5.91 Å². The first kappa shape index (κ1) is 13.9. The molecule has 1 heterocycles. The normalized spacial score (nSPS) is 14.0. The molecule has 0 saturated carbocycles. The van der Waals surface area contributed by atoms with Crippen molar-refractivity contribution >= 4 is 11.6 Å². The fourth-order valence-electron chi connectivity index (χ4n) is 3.25. The van der Waals surface area contributed by atoms with E-state index >= 15 is 0 Å². The summed E-state index contributed by atoms with van der Waals surface area (Å²) < 4.78 is 0. The molecule has 1 aliphatic rings. The molecule has 0 N–H and O–H groups in total. The average Bonchev–Trinajstić information content (AvgIpc) is 2.46. The molecular weight excluding hydrogens is 258 g/mol. The highest BCUT2D eigenvalue weighted by Crippen LogP contribution is 2.32. The number of benzene rings is 2. The van der Waals surface area contributed by atoms with Crippen LogP contribution < -0.4 is 4.90 Å². The lowest BCUT2D eigenvalue weighted by molar-refractivity contribution is 0.0984. The first-order chi connectivity index (χ1) is 10.1. The molecule has 0 fully saturated rings. The van der Waals surface area contributed by atoms with E-state index in [4.69, 9.17) is 0 Å². The van der Waals surface area contributed by atoms with E-state index in [1.807, 2.05) is 24.0 Å². The van der Waals surface area contributed by atoms with Crippen molar-refractivity contribution in [3.8, 4) is 0 Å². The maximum atomic E-state index is 13.0. The molecule has 2 heteroatoms. The average molecular weight is 279 g/mol. The maximum absolute atomic E-state index is 13.0. The number of aryl methyl sites for hydroxylation is 4. The van der Waals surface area contributed by atoms with Crippen LogP contribution in [0.4, 0.5) is 5.69 Å². The number of hydrogen-bond donors (Lipinski definition) is 0. The second-order valence-corrected chi connectivity index (χ2v) is 5.96. The first-order valence-electron chi connectivity index (χ1n) is 7.55. The molecular formula is C19H21NO. The van der Waals surface area contributed by atoms with E-state index in [0.717, 1.165) is 36.2 Å². The summed E-state index contributed by atoms with van der Waals surface area (Å²) >= 11 is 0. The van der Waals surface area contributed by atoms with Crippen molar-refractivity contribution in [3.63, 3.8) is 0 Å². The summed E-state index contributed by atoms with van der Waals surface area (Å²) in [7, 11) is 0. The summed E-state index contributed by atoms with van der Waals surface area (Å²) in [5.41, 5.74) is 6.66. The van der Waals surface area contributed by atoms with Crippen molar-refractivity contribution < 1.29 is 4.79 Å². The number of carbonyl (C=O) groups excluding carboxylic acids is 1. The van der Waals surface area contributed by atoms with E-state index in [2.05, 4.69) is 38.1 Å². The number of carbonyl (C=O) groups is 1. The Bertz CT molecular complexity index is 703. The fourth-order valence-corrected chi connectivity index (χ4v) is 3.25. The van der Waals surface area contributed by atoms with Crippen LogP contribution in [-0.4, -0.2) is 12.5 Å². The first-order valence-corrected chi connectivity index (χ1v) is 7.55. The Morgan fingerprint density at radius 1 is 1.05 bits per heavy atom. The van der Waals surface area contributed by atoms with Gasteiger partial charge < -0.3 is 4.90 Å². The molecule has 1 aliphatic heterocycles. The van der Waals surface area contributed by atoms with E-state index in [0.29, 0.717) is 0 Å². The van der Waals surface area contributed by atoms with Crippen LogP contribution in [0.2, 0.25) is 0 Å². The second kappa shape index (κ2) is 5.36. The van der Waals surface area contributed by atoms with Crippen molar-refractivity contribution in [2.24, 2.45) is 0 Å². The van der Waals surface area contributed by atoms with Gasteiger partial charge in [0.1, 0.15) is 0 Å². The zero-order chi connectivity index (χ0) is 15.0. The third-order valence-corrected chi connectivity index (χ3v) is 4.28. The smallest absolute Gasteiger partial charge is 0.258 e. The lowest BCUT2D eigenvalue weighted by Gasteiger charge is -2.31. The number of para-hydroxylation sites is 1. The van der Waals surface area contributed by atoms with Crippen LogP contribution in [-0.2, 0) is 6.42 Å². The van der Waals surface area contributed by atoms with Crippen molar-refractivity contribution in [1.82, 2.24) is 0 Å². The molecule has 3 rings (SSSR count). The van der Waals surface area contributed by atoms with Gasteiger partial charge in [0.25, 0.3) is 5.91 Å². The molecule has 0 atom stereocenters. The minimum Gasteiger partial charge on any atom is -0.308 e. The number of fused-ring (bicyclic) bond motifs is 1. The minimum atomic E-state index is 0.128. The molecule has 0 spiro atoms. The molecule has 0 unspecified atom stereocenters. The van der Waals surface area contributed by atoms with Crippen LogP contribution >= 0.6 is 0 Å². The second-order valence-electron chi connectivity index (χ2n) is 5.96. The Morgan fingerprint density at radius 2 is 1.86 bits per heavy atom. The molecule has 2 nitrogen and oxygen atoms in total. The molecule has 0 radical (unpaired) electrons. The highest BCUT2D eigenvalue weighted by Gasteiger charge is 2.25. The van der Waals surface area contributed by atoms with E-state index in [9.17, 15) is 4.79 Å². The van der Waals surface area contributed by atoms with Gasteiger partial charge in [0.2, 0.25) is 0 Å². The number of amides is 1. The van der Waals surface area contributed by atoms with Crippen LogP contribution in [0.25, 0.3) is 0 Å². The molecule has 0 aliphatic carbocycles. The number of rotatable bonds is 1. The summed E-state index contributed by atoms with van der Waals surface area (Å²) in [6.45, 7) is 6.97. The van der Waals surface area contributed by atoms with Crippen LogP contribution in [0.1, 0.15) is 39.0 Å². The van der Waals surface area contributed by atoms with E-state index in [1.165, 1.54) is 16.7 Å². The zero-order valence-electron chi connectivity index (χ0n) is 12.9. The van der Waals surface area contributed by atoms with Crippen LogP contribution in [0, 0.1) is 20.8 Å². The summed E-state index contributed by atoms with van der Waals surface area (Å²) in [5, 5.41) is 0. The number of anilines is 1. The molecule has 1 amide bonds. The van der Waals surface area contributed by atoms with Crippen LogP contribution in [0.15, 0.2) is 36.4 Å². The van der Waals surface area contributed by atoms with Gasteiger partial charge in [0, 0.05) is 12.1 Å². The molecule has 108 valence electrons. The summed E-state index contributed by atoms with van der Waals surface area (Å²) in [6.07, 6.45) is 2.10. The lowest BCUT2D eigenvalue weighted by atomic mass is 9.96. The molecule has 21 heavy (non-hydrogen) atoms. The van der Waals surface area contributed by atoms with Gasteiger partial charge in [-0.05, 0) is 56.4 Å². The highest BCUT2D eigenvalue weighted by molar-refractivity contribution is 6.08. The van der Waals surface area contributed by atoms with Crippen molar-refractivity contribution in [2.45, 2.75) is 33.6 Å². The van der Waals surface area contributed by atoms with Crippen molar-refractivity contribution in [2.75, 3.05) is 11.4 Å². The molecule has 0 bridgehead atoms. The monoisotopic (exact) mass is 279 g/mol. The highest BCUT2D eigenvalue weighted by atomic mass is 16.2. The van der Waals surface area contributed by atoms with Crippen LogP contribution in [0.5, 0.6) is 0 Å². The van der Waals surface area contributed by atoms with Gasteiger partial charge in [0.05, 0.1) is 5.69 Å². The number of hydrogen-bond acceptors (Lipinski definition) is 1. The lowest BCUT2D eigenvalue weighted by Crippen LogP contribution is -2.36. The van der Waals surface area contributed by atoms with Gasteiger partial charge >= 0.3 is 0 Å². The summed E-state index contributed by atoms with van der Waals surface area (Å²) in [6, 6.07) is 12.4. The SMILES string of the molecule is Cc1ccc(C(=O)N2CCCc3cccc(C)c32)c(C)c1. The Kier molecular flexibility index (Phi) is 3.54. The third-order valence-electron chi connectivity index (χ3n) is 4.28. The molecule has 2 aromatic carbocycles. The Hall–Kier alpha value is -2.09. The molecule has 0 aromatic heterocycles. The fraction of sp³-hybridized carbons (Fsp3) is 0.316. The van der Waals surface area contributed by atoms with E-state index < -0.39 is 0 Å². The largest absolute Gasteiger partial charge is 0.308 e. The Labute approximate surface area is 126 Å². The van der Waals surface area contributed by atoms with Gasteiger partial charge in [-0.25, -0.2) is 0 Å². The standard InChI is InChI=1S/C19H21NO/c1-13-9-10-17(15(3)12-13)19(21)20-11-5-8-16-7-4-6-14(2)18(16)20/h4,6-7,9-10,12H,5,8,11H2,1-3H3. The Morgan fingerprint density at radius 3 is 2.62 bits per heavy atom. The van der Waals surface area contributed by atoms with Gasteiger partial charge in [-0.3, -0.25) is 4.79 Å². The quantitative estimate of drug-likeness (QED) is 0.766. The van der Waals surface area contributed by atoms with Gasteiger partial charge in [-0.15, -0.1) is 0 Å². The van der Waals surface area contributed by atoms with Crippen LogP contribution in [0.3, 0.4) is 0 Å². The predicted octanol–water partition coefficient (Wildman–Crippen LogP) is 4.20. The topological polar surface area (TPSA) is 20.3 Å².